The van der Waals surface area contributed by atoms with E-state index in [4.69, 9.17) is 5.11 Å². The zero-order valence-corrected chi connectivity index (χ0v) is 7.68. The van der Waals surface area contributed by atoms with Crippen LogP contribution in [0.15, 0.2) is 6.08 Å². The van der Waals surface area contributed by atoms with E-state index in [9.17, 15) is 4.79 Å². The van der Waals surface area contributed by atoms with Crippen molar-refractivity contribution in [2.45, 2.75) is 13.8 Å². The summed E-state index contributed by atoms with van der Waals surface area (Å²) < 4.78 is 0. The Labute approximate surface area is 74.4 Å². The third kappa shape index (κ3) is 2.17. The fourth-order valence-electron chi connectivity index (χ4n) is 0.849. The van der Waals surface area contributed by atoms with Gasteiger partial charge in [0.1, 0.15) is 0 Å². The smallest absolute Gasteiger partial charge is 0.328 e. The van der Waals surface area contributed by atoms with E-state index < -0.39 is 5.97 Å². The maximum Gasteiger partial charge on any atom is 0.328 e. The van der Waals surface area contributed by atoms with E-state index in [1.807, 2.05) is 13.8 Å². The molecular formula is C8H9NO2S. The highest BCUT2D eigenvalue weighted by atomic mass is 32.1. The zero-order valence-electron chi connectivity index (χ0n) is 6.87. The monoisotopic (exact) mass is 183 g/mol. The number of carboxylic acid groups (broad SMARTS) is 1. The Hall–Kier alpha value is -1.16. The van der Waals surface area contributed by atoms with Gasteiger partial charge >= 0.3 is 5.97 Å². The van der Waals surface area contributed by atoms with Crippen molar-refractivity contribution in [2.24, 2.45) is 0 Å². The van der Waals surface area contributed by atoms with Crippen molar-refractivity contribution in [3.05, 3.63) is 21.7 Å². The van der Waals surface area contributed by atoms with Crippen molar-refractivity contribution in [1.82, 2.24) is 4.98 Å². The number of carbonyl (C=O) groups is 1. The van der Waals surface area contributed by atoms with Crippen LogP contribution in [0.4, 0.5) is 0 Å². The number of aliphatic carboxylic acids is 1. The summed E-state index contributed by atoms with van der Waals surface area (Å²) in [5, 5.41) is 9.33. The number of hydrogen-bond donors (Lipinski definition) is 1. The van der Waals surface area contributed by atoms with Crippen molar-refractivity contribution < 1.29 is 9.90 Å². The van der Waals surface area contributed by atoms with Gasteiger partial charge in [0.05, 0.1) is 15.6 Å². The second-order valence-corrected chi connectivity index (χ2v) is 3.59. The predicted octanol–water partition coefficient (Wildman–Crippen LogP) is 1.86. The minimum atomic E-state index is -0.930. The molecule has 0 unspecified atom stereocenters. The van der Waals surface area contributed by atoms with Crippen LogP contribution in [0.25, 0.3) is 6.08 Å². The van der Waals surface area contributed by atoms with E-state index in [1.54, 1.807) is 6.08 Å². The van der Waals surface area contributed by atoms with Crippen LogP contribution >= 0.6 is 11.3 Å². The van der Waals surface area contributed by atoms with Gasteiger partial charge in [0.2, 0.25) is 0 Å². The molecule has 0 fully saturated rings. The van der Waals surface area contributed by atoms with Gasteiger partial charge in [0.15, 0.2) is 0 Å². The third-order valence-electron chi connectivity index (χ3n) is 1.32. The third-order valence-corrected chi connectivity index (χ3v) is 2.35. The number of rotatable bonds is 2. The first-order valence-corrected chi connectivity index (χ1v) is 4.26. The number of thiazole rings is 1. The maximum absolute atomic E-state index is 10.2. The van der Waals surface area contributed by atoms with Crippen LogP contribution in [0.1, 0.15) is 15.6 Å². The van der Waals surface area contributed by atoms with Gasteiger partial charge < -0.3 is 5.11 Å². The highest BCUT2D eigenvalue weighted by Crippen LogP contribution is 2.18. The number of aryl methyl sites for hydroxylation is 2. The number of aromatic nitrogens is 1. The van der Waals surface area contributed by atoms with Gasteiger partial charge in [-0.25, -0.2) is 9.78 Å². The molecule has 0 spiro atoms. The number of nitrogens with zero attached hydrogens (tertiary/aromatic N) is 1. The Morgan fingerprint density at radius 1 is 1.58 bits per heavy atom. The second kappa shape index (κ2) is 3.49. The zero-order chi connectivity index (χ0) is 9.14. The topological polar surface area (TPSA) is 50.2 Å². The van der Waals surface area contributed by atoms with E-state index in [2.05, 4.69) is 4.98 Å². The quantitative estimate of drug-likeness (QED) is 0.712. The molecule has 3 nitrogen and oxygen atoms in total. The van der Waals surface area contributed by atoms with Crippen LogP contribution in [-0.2, 0) is 4.79 Å². The fourth-order valence-corrected chi connectivity index (χ4v) is 1.68. The highest BCUT2D eigenvalue weighted by molar-refractivity contribution is 7.12. The van der Waals surface area contributed by atoms with Crippen molar-refractivity contribution in [3.63, 3.8) is 0 Å². The minimum absolute atomic E-state index is 0.884. The fraction of sp³-hybridized carbons (Fsp3) is 0.250. The molecule has 1 heterocycles. The van der Waals surface area contributed by atoms with E-state index >= 15 is 0 Å². The van der Waals surface area contributed by atoms with Crippen LogP contribution in [-0.4, -0.2) is 16.1 Å². The Morgan fingerprint density at radius 3 is 2.67 bits per heavy atom. The Balaban J connectivity index is 2.89. The van der Waals surface area contributed by atoms with Gasteiger partial charge in [0, 0.05) is 6.08 Å². The average Bonchev–Trinajstić information content (AvgIpc) is 2.26. The van der Waals surface area contributed by atoms with E-state index in [0.29, 0.717) is 0 Å². The molecule has 0 aliphatic rings. The molecule has 0 atom stereocenters. The first-order chi connectivity index (χ1) is 5.59. The molecule has 0 saturated carbocycles. The summed E-state index contributed by atoms with van der Waals surface area (Å²) in [7, 11) is 0. The highest BCUT2D eigenvalue weighted by Gasteiger charge is 2.00. The van der Waals surface area contributed by atoms with E-state index in [-0.39, 0.29) is 0 Å². The summed E-state index contributed by atoms with van der Waals surface area (Å²) in [4.78, 5) is 15.3. The van der Waals surface area contributed by atoms with Crippen LogP contribution in [0.2, 0.25) is 0 Å². The van der Waals surface area contributed by atoms with E-state index in [0.717, 1.165) is 21.7 Å². The Morgan fingerprint density at radius 2 is 2.25 bits per heavy atom. The SMILES string of the molecule is Cc1nc(C)c(/C=C/C(=O)O)s1. The Bertz CT molecular complexity index is 328. The lowest BCUT2D eigenvalue weighted by molar-refractivity contribution is -0.131. The van der Waals surface area contributed by atoms with Gasteiger partial charge in [-0.3, -0.25) is 0 Å². The van der Waals surface area contributed by atoms with Crippen LogP contribution in [0.3, 0.4) is 0 Å². The predicted molar refractivity (Wildman–Crippen MR) is 48.3 cm³/mol. The second-order valence-electron chi connectivity index (χ2n) is 2.35. The summed E-state index contributed by atoms with van der Waals surface area (Å²) >= 11 is 1.50. The molecule has 0 aromatic carbocycles. The molecule has 1 rings (SSSR count). The minimum Gasteiger partial charge on any atom is -0.478 e. The van der Waals surface area contributed by atoms with Gasteiger partial charge in [-0.05, 0) is 19.9 Å². The van der Waals surface area contributed by atoms with Crippen molar-refractivity contribution in [3.8, 4) is 0 Å². The summed E-state index contributed by atoms with van der Waals surface area (Å²) in [5.41, 5.74) is 0.884. The molecule has 1 aromatic heterocycles. The molecule has 0 saturated heterocycles. The average molecular weight is 183 g/mol. The molecular weight excluding hydrogens is 174 g/mol. The summed E-state index contributed by atoms with van der Waals surface area (Å²) in [6.07, 6.45) is 2.70. The standard InChI is InChI=1S/C8H9NO2S/c1-5-7(3-4-8(10)11)12-6(2)9-5/h3-4H,1-2H3,(H,10,11)/b4-3+. The van der Waals surface area contributed by atoms with Gasteiger partial charge in [-0.1, -0.05) is 0 Å². The molecule has 1 N–H and O–H groups in total. The number of hydrogen-bond acceptors (Lipinski definition) is 3. The molecule has 64 valence electrons. The summed E-state index contributed by atoms with van der Waals surface area (Å²) in [6, 6.07) is 0. The lowest BCUT2D eigenvalue weighted by Crippen LogP contribution is -1.85. The summed E-state index contributed by atoms with van der Waals surface area (Å²) in [5.74, 6) is -0.930. The summed E-state index contributed by atoms with van der Waals surface area (Å²) in [6.45, 7) is 3.76. The molecule has 12 heavy (non-hydrogen) atoms. The van der Waals surface area contributed by atoms with Crippen LogP contribution in [0, 0.1) is 13.8 Å². The molecule has 0 amide bonds. The van der Waals surface area contributed by atoms with Gasteiger partial charge in [-0.15, -0.1) is 11.3 Å². The molecule has 1 aromatic rings. The van der Waals surface area contributed by atoms with E-state index in [1.165, 1.54) is 11.3 Å². The van der Waals surface area contributed by atoms with Crippen molar-refractivity contribution in [1.29, 1.82) is 0 Å². The van der Waals surface area contributed by atoms with Crippen molar-refractivity contribution in [2.75, 3.05) is 0 Å². The van der Waals surface area contributed by atoms with Crippen LogP contribution in [0.5, 0.6) is 0 Å². The molecule has 4 heteroatoms. The number of carboxylic acids is 1. The Kier molecular flexibility index (Phi) is 2.60. The maximum atomic E-state index is 10.2. The lowest BCUT2D eigenvalue weighted by Gasteiger charge is -1.84. The molecule has 0 aliphatic carbocycles. The molecule has 0 radical (unpaired) electrons. The first-order valence-electron chi connectivity index (χ1n) is 3.44. The van der Waals surface area contributed by atoms with Gasteiger partial charge in [0.25, 0.3) is 0 Å². The van der Waals surface area contributed by atoms with Crippen LogP contribution < -0.4 is 0 Å². The normalized spacial score (nSPS) is 10.8. The lowest BCUT2D eigenvalue weighted by atomic mass is 10.3. The van der Waals surface area contributed by atoms with Crippen molar-refractivity contribution >= 4 is 23.4 Å². The largest absolute Gasteiger partial charge is 0.478 e. The molecule has 0 bridgehead atoms. The van der Waals surface area contributed by atoms with Gasteiger partial charge in [-0.2, -0.15) is 0 Å². The first kappa shape index (κ1) is 8.93. The molecule has 0 aliphatic heterocycles.